The van der Waals surface area contributed by atoms with E-state index >= 15 is 0 Å². The molecule has 0 spiro atoms. The molecule has 1 aliphatic carbocycles. The first-order chi connectivity index (χ1) is 9.43. The monoisotopic (exact) mass is 275 g/mol. The van der Waals surface area contributed by atoms with Crippen molar-refractivity contribution in [3.63, 3.8) is 0 Å². The summed E-state index contributed by atoms with van der Waals surface area (Å²) in [5, 5.41) is 4.61. The molecule has 0 amide bonds. The zero-order valence-corrected chi connectivity index (χ0v) is 12.6. The minimum atomic E-state index is 0.749. The first kappa shape index (κ1) is 13.5. The van der Waals surface area contributed by atoms with Gasteiger partial charge in [-0.05, 0) is 54.9 Å². The Labute approximate surface area is 121 Å². The van der Waals surface area contributed by atoms with Crippen molar-refractivity contribution in [3.05, 3.63) is 35.4 Å². The van der Waals surface area contributed by atoms with E-state index in [0.29, 0.717) is 0 Å². The Hall–Kier alpha value is -0.470. The van der Waals surface area contributed by atoms with Crippen molar-refractivity contribution >= 4 is 11.8 Å². The van der Waals surface area contributed by atoms with Crippen LogP contribution in [-0.2, 0) is 6.42 Å². The van der Waals surface area contributed by atoms with Gasteiger partial charge >= 0.3 is 0 Å². The molecular formula is C17H25NS. The van der Waals surface area contributed by atoms with Crippen molar-refractivity contribution in [1.82, 2.24) is 5.32 Å². The fraction of sp³-hybridized carbons (Fsp3) is 0.647. The number of aryl methyl sites for hydroxylation is 1. The molecule has 0 aromatic heterocycles. The average molecular weight is 275 g/mol. The molecule has 2 unspecified atom stereocenters. The molecule has 1 fully saturated rings. The van der Waals surface area contributed by atoms with Crippen LogP contribution in [0.15, 0.2) is 24.3 Å². The number of benzene rings is 1. The highest BCUT2D eigenvalue weighted by molar-refractivity contribution is 7.99. The van der Waals surface area contributed by atoms with Crippen molar-refractivity contribution in [2.24, 2.45) is 0 Å². The summed E-state index contributed by atoms with van der Waals surface area (Å²) < 4.78 is 0. The van der Waals surface area contributed by atoms with E-state index in [1.54, 1.807) is 11.1 Å². The molecule has 1 saturated heterocycles. The Morgan fingerprint density at radius 3 is 2.89 bits per heavy atom. The minimum absolute atomic E-state index is 0.749. The van der Waals surface area contributed by atoms with Crippen LogP contribution >= 0.6 is 11.8 Å². The lowest BCUT2D eigenvalue weighted by molar-refractivity contribution is 0.498. The quantitative estimate of drug-likeness (QED) is 0.892. The van der Waals surface area contributed by atoms with Gasteiger partial charge in [-0.25, -0.2) is 0 Å². The number of nitrogens with one attached hydrogen (secondary N) is 1. The van der Waals surface area contributed by atoms with Crippen LogP contribution in [0.4, 0.5) is 0 Å². The summed E-state index contributed by atoms with van der Waals surface area (Å²) in [5.74, 6) is 2.12. The molecule has 0 saturated carbocycles. The topological polar surface area (TPSA) is 12.0 Å². The SMILES string of the molecule is c1ccc2c(c1)CCCC2CNCC1CCCCS1. The molecular weight excluding hydrogens is 250 g/mol. The van der Waals surface area contributed by atoms with E-state index in [4.69, 9.17) is 0 Å². The van der Waals surface area contributed by atoms with Gasteiger partial charge in [0.2, 0.25) is 0 Å². The lowest BCUT2D eigenvalue weighted by Crippen LogP contribution is -2.31. The third-order valence-electron chi connectivity index (χ3n) is 4.53. The Morgan fingerprint density at radius 1 is 1.05 bits per heavy atom. The molecule has 2 aliphatic rings. The number of hydrogen-bond donors (Lipinski definition) is 1. The number of fused-ring (bicyclic) bond motifs is 1. The summed E-state index contributed by atoms with van der Waals surface area (Å²) >= 11 is 2.17. The van der Waals surface area contributed by atoms with Gasteiger partial charge in [0.05, 0.1) is 0 Å². The molecule has 19 heavy (non-hydrogen) atoms. The maximum absolute atomic E-state index is 3.74. The fourth-order valence-electron chi connectivity index (χ4n) is 3.45. The minimum Gasteiger partial charge on any atom is -0.315 e. The predicted octanol–water partition coefficient (Wildman–Crippen LogP) is 3.98. The van der Waals surface area contributed by atoms with Crippen LogP contribution < -0.4 is 5.32 Å². The lowest BCUT2D eigenvalue weighted by Gasteiger charge is -2.27. The largest absolute Gasteiger partial charge is 0.315 e. The van der Waals surface area contributed by atoms with E-state index in [0.717, 1.165) is 11.2 Å². The molecule has 1 N–H and O–H groups in total. The summed E-state index contributed by atoms with van der Waals surface area (Å²) in [7, 11) is 0. The maximum Gasteiger partial charge on any atom is 0.0172 e. The van der Waals surface area contributed by atoms with Gasteiger partial charge in [0.25, 0.3) is 0 Å². The van der Waals surface area contributed by atoms with E-state index < -0.39 is 0 Å². The second-order valence-corrected chi connectivity index (χ2v) is 7.34. The number of thioether (sulfide) groups is 1. The zero-order valence-electron chi connectivity index (χ0n) is 11.7. The number of hydrogen-bond acceptors (Lipinski definition) is 2. The van der Waals surface area contributed by atoms with Crippen LogP contribution in [-0.4, -0.2) is 24.1 Å². The van der Waals surface area contributed by atoms with E-state index in [9.17, 15) is 0 Å². The second kappa shape index (κ2) is 6.81. The molecule has 3 rings (SSSR count). The standard InChI is InChI=1S/C17H25NS/c1-2-10-17-14(6-1)7-5-8-15(17)12-18-13-16-9-3-4-11-19-16/h1-2,6,10,15-16,18H,3-5,7-9,11-13H2. The van der Waals surface area contributed by atoms with Gasteiger partial charge in [0.15, 0.2) is 0 Å². The van der Waals surface area contributed by atoms with Crippen LogP contribution in [0, 0.1) is 0 Å². The molecule has 1 aliphatic heterocycles. The van der Waals surface area contributed by atoms with Crippen LogP contribution in [0.25, 0.3) is 0 Å². The Morgan fingerprint density at radius 2 is 2.00 bits per heavy atom. The third-order valence-corrected chi connectivity index (χ3v) is 5.93. The van der Waals surface area contributed by atoms with E-state index in [2.05, 4.69) is 41.3 Å². The van der Waals surface area contributed by atoms with Crippen molar-refractivity contribution < 1.29 is 0 Å². The Bertz CT molecular complexity index is 398. The first-order valence-corrected chi connectivity index (χ1v) is 8.88. The van der Waals surface area contributed by atoms with Gasteiger partial charge in [0.1, 0.15) is 0 Å². The summed E-state index contributed by atoms with van der Waals surface area (Å²) in [4.78, 5) is 0. The van der Waals surface area contributed by atoms with E-state index in [-0.39, 0.29) is 0 Å². The van der Waals surface area contributed by atoms with Gasteiger partial charge in [-0.1, -0.05) is 30.7 Å². The molecule has 2 heteroatoms. The Balaban J connectivity index is 1.50. The normalized spacial score (nSPS) is 26.9. The van der Waals surface area contributed by atoms with Gasteiger partial charge in [-0.15, -0.1) is 0 Å². The van der Waals surface area contributed by atoms with Crippen molar-refractivity contribution in [2.45, 2.75) is 49.7 Å². The van der Waals surface area contributed by atoms with Crippen LogP contribution in [0.2, 0.25) is 0 Å². The van der Waals surface area contributed by atoms with E-state index in [1.165, 1.54) is 57.4 Å². The van der Waals surface area contributed by atoms with Gasteiger partial charge in [-0.2, -0.15) is 11.8 Å². The summed E-state index contributed by atoms with van der Waals surface area (Å²) in [6, 6.07) is 9.05. The van der Waals surface area contributed by atoms with Gasteiger partial charge in [-0.3, -0.25) is 0 Å². The second-order valence-electron chi connectivity index (χ2n) is 5.93. The van der Waals surface area contributed by atoms with Crippen LogP contribution in [0.3, 0.4) is 0 Å². The summed E-state index contributed by atoms with van der Waals surface area (Å²) in [6.07, 6.45) is 8.29. The fourth-order valence-corrected chi connectivity index (χ4v) is 4.73. The molecule has 0 radical (unpaired) electrons. The van der Waals surface area contributed by atoms with Crippen LogP contribution in [0.5, 0.6) is 0 Å². The van der Waals surface area contributed by atoms with Crippen molar-refractivity contribution in [1.29, 1.82) is 0 Å². The van der Waals surface area contributed by atoms with E-state index in [1.807, 2.05) is 0 Å². The predicted molar refractivity (Wildman–Crippen MR) is 85.1 cm³/mol. The molecule has 2 atom stereocenters. The van der Waals surface area contributed by atoms with Crippen molar-refractivity contribution in [2.75, 3.05) is 18.8 Å². The molecule has 0 bridgehead atoms. The van der Waals surface area contributed by atoms with Crippen molar-refractivity contribution in [3.8, 4) is 0 Å². The van der Waals surface area contributed by atoms with Gasteiger partial charge in [0, 0.05) is 18.3 Å². The van der Waals surface area contributed by atoms with Gasteiger partial charge < -0.3 is 5.32 Å². The molecule has 104 valence electrons. The lowest BCUT2D eigenvalue weighted by atomic mass is 9.83. The highest BCUT2D eigenvalue weighted by atomic mass is 32.2. The summed E-state index contributed by atoms with van der Waals surface area (Å²) in [5.41, 5.74) is 3.20. The molecule has 1 heterocycles. The molecule has 1 aromatic rings. The summed E-state index contributed by atoms with van der Waals surface area (Å²) in [6.45, 7) is 2.39. The molecule has 1 nitrogen and oxygen atoms in total. The maximum atomic E-state index is 3.74. The first-order valence-electron chi connectivity index (χ1n) is 7.83. The van der Waals surface area contributed by atoms with Crippen LogP contribution in [0.1, 0.15) is 49.1 Å². The average Bonchev–Trinajstić information content (AvgIpc) is 2.49. The molecule has 1 aromatic carbocycles. The zero-order chi connectivity index (χ0) is 12.9. The number of rotatable bonds is 4. The highest BCUT2D eigenvalue weighted by Crippen LogP contribution is 2.31. The smallest absolute Gasteiger partial charge is 0.0172 e. The highest BCUT2D eigenvalue weighted by Gasteiger charge is 2.20. The Kier molecular flexibility index (Phi) is 4.84. The third kappa shape index (κ3) is 3.55.